The van der Waals surface area contributed by atoms with Gasteiger partial charge in [0.15, 0.2) is 11.5 Å². The van der Waals surface area contributed by atoms with Crippen LogP contribution < -0.4 is 21.9 Å². The molecule has 0 aliphatic carbocycles. The Labute approximate surface area is 249 Å². The van der Waals surface area contributed by atoms with Gasteiger partial charge in [-0.15, -0.1) is 0 Å². The number of hydrogen-bond acceptors (Lipinski definition) is 10. The van der Waals surface area contributed by atoms with Crippen LogP contribution in [0.2, 0.25) is 0 Å². The lowest BCUT2D eigenvalue weighted by Gasteiger charge is -2.27. The molecule has 1 aliphatic heterocycles. The summed E-state index contributed by atoms with van der Waals surface area (Å²) in [5.41, 5.74) is 13.6. The maximum absolute atomic E-state index is 13.6. The van der Waals surface area contributed by atoms with Gasteiger partial charge in [0.1, 0.15) is 5.52 Å². The molecule has 1 aliphatic rings. The van der Waals surface area contributed by atoms with Crippen LogP contribution in [0.25, 0.3) is 11.2 Å². The fourth-order valence-corrected chi connectivity index (χ4v) is 5.16. The number of nitrogens with two attached hydrogens (primary N) is 2. The summed E-state index contributed by atoms with van der Waals surface area (Å²) >= 11 is 0. The highest BCUT2D eigenvalue weighted by Crippen LogP contribution is 2.20. The highest BCUT2D eigenvalue weighted by molar-refractivity contribution is 5.83. The van der Waals surface area contributed by atoms with Crippen LogP contribution in [0.3, 0.4) is 0 Å². The minimum Gasteiger partial charge on any atom is -0.469 e. The molecule has 1 atom stereocenters. The number of carbonyl (C=O) groups excluding carboxylic acids is 3. The molecular formula is C29H40N8O6. The predicted molar refractivity (Wildman–Crippen MR) is 159 cm³/mol. The topological polar surface area (TPSA) is 192 Å². The number of primary amides is 1. The summed E-state index contributed by atoms with van der Waals surface area (Å²) in [7, 11) is 1.34. The summed E-state index contributed by atoms with van der Waals surface area (Å²) in [4.78, 5) is 64.7. The van der Waals surface area contributed by atoms with Crippen molar-refractivity contribution >= 4 is 34.8 Å². The standard InChI is InChI=1S/C29H40N8O6/c1-3-4-15-43-28-33-25(30)24-27(34-28)37(29(41)32-24)14-6-13-36(22(38)18-35-12-5-7-21(35)26(31)40)17-20-10-8-19(9-11-20)16-23(39)42-2/h8-11,21H,3-7,12-18H2,1-2H3,(H2,31,40)(H,32,41)(H2,30,33,34)/t21-/m0/s1. The summed E-state index contributed by atoms with van der Waals surface area (Å²) < 4.78 is 11.8. The monoisotopic (exact) mass is 596 g/mol. The van der Waals surface area contributed by atoms with E-state index < -0.39 is 11.9 Å². The Morgan fingerprint density at radius 2 is 1.88 bits per heavy atom. The Morgan fingerprint density at radius 3 is 2.58 bits per heavy atom. The van der Waals surface area contributed by atoms with Gasteiger partial charge in [-0.2, -0.15) is 9.97 Å². The first kappa shape index (κ1) is 31.5. The Hall–Kier alpha value is -4.46. The molecule has 3 heterocycles. The maximum Gasteiger partial charge on any atom is 0.327 e. The van der Waals surface area contributed by atoms with Gasteiger partial charge in [0.25, 0.3) is 0 Å². The molecule has 14 heteroatoms. The van der Waals surface area contributed by atoms with Crippen LogP contribution in [0.4, 0.5) is 5.82 Å². The van der Waals surface area contributed by atoms with Crippen LogP contribution in [-0.2, 0) is 38.6 Å². The Balaban J connectivity index is 1.49. The molecule has 0 unspecified atom stereocenters. The minimum atomic E-state index is -0.466. The van der Waals surface area contributed by atoms with E-state index in [4.69, 9.17) is 20.9 Å². The average molecular weight is 597 g/mol. The number of H-pyrrole nitrogens is 1. The number of anilines is 1. The molecule has 0 spiro atoms. The number of rotatable bonds is 15. The highest BCUT2D eigenvalue weighted by Gasteiger charge is 2.31. The fraction of sp³-hybridized carbons (Fsp3) is 0.517. The van der Waals surface area contributed by atoms with Gasteiger partial charge >= 0.3 is 17.7 Å². The molecule has 2 amide bonds. The zero-order valence-electron chi connectivity index (χ0n) is 24.7. The van der Waals surface area contributed by atoms with Crippen molar-refractivity contribution < 1.29 is 23.9 Å². The van der Waals surface area contributed by atoms with Gasteiger partial charge in [-0.25, -0.2) is 4.79 Å². The number of amides is 2. The number of ether oxygens (including phenoxy) is 2. The second-order valence-corrected chi connectivity index (χ2v) is 10.6. The molecule has 0 bridgehead atoms. The van der Waals surface area contributed by atoms with E-state index in [1.807, 2.05) is 36.1 Å². The SMILES string of the molecule is CCCCOc1nc(N)c2[nH]c(=O)n(CCCN(Cc3ccc(CC(=O)OC)cc3)C(=O)CN3CCC[C@H]3C(N)=O)c2n1. The minimum absolute atomic E-state index is 0.0588. The van der Waals surface area contributed by atoms with Crippen LogP contribution in [0, 0.1) is 0 Å². The summed E-state index contributed by atoms with van der Waals surface area (Å²) in [6.07, 6.45) is 3.79. The quantitative estimate of drug-likeness (QED) is 0.168. The number of imidazole rings is 1. The number of esters is 1. The lowest BCUT2D eigenvalue weighted by Crippen LogP contribution is -2.46. The van der Waals surface area contributed by atoms with E-state index in [2.05, 4.69) is 15.0 Å². The first-order valence-corrected chi connectivity index (χ1v) is 14.5. The van der Waals surface area contributed by atoms with E-state index >= 15 is 0 Å². The molecule has 43 heavy (non-hydrogen) atoms. The predicted octanol–water partition coefficient (Wildman–Crippen LogP) is 0.965. The molecule has 5 N–H and O–H groups in total. The number of nitrogen functional groups attached to an aromatic ring is 1. The van der Waals surface area contributed by atoms with Gasteiger partial charge in [-0.3, -0.25) is 23.9 Å². The third kappa shape index (κ3) is 8.09. The Kier molecular flexibility index (Phi) is 10.7. The smallest absolute Gasteiger partial charge is 0.327 e. The van der Waals surface area contributed by atoms with Crippen molar-refractivity contribution in [1.29, 1.82) is 0 Å². The molecule has 4 rings (SSSR count). The number of aromatic nitrogens is 4. The molecule has 1 saturated heterocycles. The summed E-state index contributed by atoms with van der Waals surface area (Å²) in [5.74, 6) is -0.805. The zero-order valence-corrected chi connectivity index (χ0v) is 24.7. The van der Waals surface area contributed by atoms with Crippen LogP contribution in [0.5, 0.6) is 6.01 Å². The van der Waals surface area contributed by atoms with Crippen LogP contribution in [-0.4, -0.2) is 86.5 Å². The lowest BCUT2D eigenvalue weighted by molar-refractivity contribution is -0.140. The number of nitrogens with zero attached hydrogens (tertiary/aromatic N) is 5. The fourth-order valence-electron chi connectivity index (χ4n) is 5.16. The zero-order chi connectivity index (χ0) is 30.9. The van der Waals surface area contributed by atoms with Gasteiger partial charge < -0.3 is 30.8 Å². The van der Waals surface area contributed by atoms with Crippen LogP contribution in [0.1, 0.15) is 50.2 Å². The average Bonchev–Trinajstić information content (AvgIpc) is 3.58. The largest absolute Gasteiger partial charge is 0.469 e. The van der Waals surface area contributed by atoms with E-state index in [9.17, 15) is 19.2 Å². The molecular weight excluding hydrogens is 556 g/mol. The van der Waals surface area contributed by atoms with Crippen molar-refractivity contribution in [3.63, 3.8) is 0 Å². The summed E-state index contributed by atoms with van der Waals surface area (Å²) in [5, 5.41) is 0. The van der Waals surface area contributed by atoms with Crippen molar-refractivity contribution in [2.75, 3.05) is 39.1 Å². The molecule has 0 radical (unpaired) electrons. The van der Waals surface area contributed by atoms with E-state index in [0.717, 1.165) is 30.4 Å². The first-order valence-electron chi connectivity index (χ1n) is 14.5. The summed E-state index contributed by atoms with van der Waals surface area (Å²) in [6.45, 7) is 4.05. The number of carbonyl (C=O) groups is 3. The number of aryl methyl sites for hydroxylation is 1. The molecule has 14 nitrogen and oxygen atoms in total. The molecule has 0 saturated carbocycles. The number of unbranched alkanes of at least 4 members (excludes halogenated alkanes) is 1. The maximum atomic E-state index is 13.6. The number of aromatic amines is 1. The number of hydrogen-bond donors (Lipinski definition) is 3. The second kappa shape index (κ2) is 14.6. The Morgan fingerprint density at radius 1 is 1.14 bits per heavy atom. The normalized spacial score (nSPS) is 15.1. The van der Waals surface area contributed by atoms with Gasteiger partial charge in [0.05, 0.1) is 32.7 Å². The number of methoxy groups -OCH3 is 1. The van der Waals surface area contributed by atoms with E-state index in [0.29, 0.717) is 50.2 Å². The van der Waals surface area contributed by atoms with Gasteiger partial charge in [-0.05, 0) is 43.4 Å². The third-order valence-electron chi connectivity index (χ3n) is 7.52. The van der Waals surface area contributed by atoms with Crippen molar-refractivity contribution in [2.24, 2.45) is 5.73 Å². The number of likely N-dealkylation sites (tertiary alicyclic amines) is 1. The van der Waals surface area contributed by atoms with E-state index in [-0.39, 0.29) is 48.9 Å². The molecule has 1 fully saturated rings. The van der Waals surface area contributed by atoms with Crippen LogP contribution >= 0.6 is 0 Å². The highest BCUT2D eigenvalue weighted by atomic mass is 16.5. The number of nitrogens with one attached hydrogen (secondary N) is 1. The number of benzene rings is 1. The molecule has 1 aromatic carbocycles. The second-order valence-electron chi connectivity index (χ2n) is 10.6. The van der Waals surface area contributed by atoms with Crippen LogP contribution in [0.15, 0.2) is 29.1 Å². The Bertz CT molecular complexity index is 1480. The van der Waals surface area contributed by atoms with Crippen molar-refractivity contribution in [3.8, 4) is 6.01 Å². The van der Waals surface area contributed by atoms with Crippen molar-refractivity contribution in [3.05, 3.63) is 45.9 Å². The summed E-state index contributed by atoms with van der Waals surface area (Å²) in [6, 6.07) is 7.03. The number of fused-ring (bicyclic) bond motifs is 1. The van der Waals surface area contributed by atoms with Gasteiger partial charge in [0, 0.05) is 19.6 Å². The first-order chi connectivity index (χ1) is 20.7. The van der Waals surface area contributed by atoms with Gasteiger partial charge in [0.2, 0.25) is 11.8 Å². The molecule has 2 aromatic heterocycles. The van der Waals surface area contributed by atoms with Crippen molar-refractivity contribution in [2.45, 2.75) is 64.6 Å². The third-order valence-corrected chi connectivity index (χ3v) is 7.52. The molecule has 3 aromatic rings. The van der Waals surface area contributed by atoms with Crippen molar-refractivity contribution in [1.82, 2.24) is 29.3 Å². The van der Waals surface area contributed by atoms with E-state index in [1.165, 1.54) is 11.7 Å². The van der Waals surface area contributed by atoms with Gasteiger partial charge in [-0.1, -0.05) is 37.6 Å². The lowest BCUT2D eigenvalue weighted by atomic mass is 10.1. The van der Waals surface area contributed by atoms with E-state index in [1.54, 1.807) is 4.90 Å². The molecule has 232 valence electrons.